The Labute approximate surface area is 194 Å². The average molecular weight is 502 g/mol. The fraction of sp³-hybridized carbons (Fsp3) is 0.250. The first kappa shape index (κ1) is 24.2. The number of anilines is 4. The van der Waals surface area contributed by atoms with Gasteiger partial charge >= 0.3 is 0 Å². The molecule has 0 amide bonds. The molecule has 7 nitrogen and oxygen atoms in total. The maximum absolute atomic E-state index is 14.8. The van der Waals surface area contributed by atoms with Crippen LogP contribution in [0.25, 0.3) is 0 Å². The number of aromatic nitrogens is 1. The van der Waals surface area contributed by atoms with Gasteiger partial charge in [0.05, 0.1) is 27.6 Å². The highest BCUT2D eigenvalue weighted by Crippen LogP contribution is 2.35. The quantitative estimate of drug-likeness (QED) is 0.445. The fourth-order valence-corrected chi connectivity index (χ4v) is 4.75. The summed E-state index contributed by atoms with van der Waals surface area (Å²) in [7, 11) is 1.45. The third kappa shape index (κ3) is 5.85. The van der Waals surface area contributed by atoms with E-state index in [0.717, 1.165) is 18.7 Å². The summed E-state index contributed by atoms with van der Waals surface area (Å²) in [6.07, 6.45) is 0. The van der Waals surface area contributed by atoms with E-state index in [1.807, 2.05) is 30.9 Å². The van der Waals surface area contributed by atoms with Gasteiger partial charge in [-0.2, -0.15) is 0 Å². The topological polar surface area (TPSA) is 77.6 Å². The van der Waals surface area contributed by atoms with E-state index in [1.54, 1.807) is 0 Å². The lowest BCUT2D eigenvalue weighted by atomic mass is 10.2. The Morgan fingerprint density at radius 1 is 1.09 bits per heavy atom. The van der Waals surface area contributed by atoms with Gasteiger partial charge < -0.3 is 15.1 Å². The Bertz CT molecular complexity index is 1190. The molecular formula is C20H22ClF2N5O2S2. The van der Waals surface area contributed by atoms with Gasteiger partial charge in [0.1, 0.15) is 16.5 Å². The van der Waals surface area contributed by atoms with E-state index in [-0.39, 0.29) is 16.5 Å². The van der Waals surface area contributed by atoms with Crippen molar-refractivity contribution >= 4 is 55.8 Å². The predicted octanol–water partition coefficient (Wildman–Crippen LogP) is 4.62. The molecule has 0 radical (unpaired) electrons. The first-order valence-corrected chi connectivity index (χ1v) is 12.2. The normalized spacial score (nSPS) is 11.6. The van der Waals surface area contributed by atoms with Gasteiger partial charge in [-0.3, -0.25) is 4.72 Å². The summed E-state index contributed by atoms with van der Waals surface area (Å²) in [5.41, 5.74) is 2.63. The van der Waals surface area contributed by atoms with Crippen molar-refractivity contribution in [3.8, 4) is 0 Å². The maximum Gasteiger partial charge on any atom is 0.266 e. The second-order valence-corrected chi connectivity index (χ2v) is 10.0. The minimum atomic E-state index is -4.22. The molecule has 2 N–H and O–H groups in total. The van der Waals surface area contributed by atoms with E-state index in [0.29, 0.717) is 17.9 Å². The number of halogens is 3. The Morgan fingerprint density at radius 2 is 1.84 bits per heavy atom. The smallest absolute Gasteiger partial charge is 0.266 e. The number of rotatable bonds is 9. The van der Waals surface area contributed by atoms with Crippen molar-refractivity contribution in [1.29, 1.82) is 0 Å². The van der Waals surface area contributed by atoms with E-state index in [9.17, 15) is 17.2 Å². The summed E-state index contributed by atoms with van der Waals surface area (Å²) in [5, 5.41) is 4.45. The van der Waals surface area contributed by atoms with Crippen LogP contribution in [0.4, 0.5) is 31.7 Å². The number of sulfonamides is 1. The van der Waals surface area contributed by atoms with Crippen molar-refractivity contribution in [2.75, 3.05) is 49.2 Å². The molecule has 0 atom stereocenters. The van der Waals surface area contributed by atoms with Gasteiger partial charge in [0.15, 0.2) is 5.82 Å². The molecule has 3 rings (SSSR count). The second kappa shape index (κ2) is 9.99. The van der Waals surface area contributed by atoms with Crippen LogP contribution >= 0.6 is 22.9 Å². The summed E-state index contributed by atoms with van der Waals surface area (Å²) < 4.78 is 55.9. The molecule has 12 heteroatoms. The third-order valence-corrected chi connectivity index (χ3v) is 6.77. The van der Waals surface area contributed by atoms with E-state index in [2.05, 4.69) is 15.0 Å². The number of nitrogens with zero attached hydrogens (tertiary/aromatic N) is 3. The predicted molar refractivity (Wildman–Crippen MR) is 126 cm³/mol. The molecule has 0 aliphatic carbocycles. The van der Waals surface area contributed by atoms with Crippen LogP contribution in [0.15, 0.2) is 46.1 Å². The van der Waals surface area contributed by atoms with E-state index in [1.165, 1.54) is 40.4 Å². The number of likely N-dealkylation sites (N-methyl/N-ethyl adjacent to an activating group) is 2. The molecule has 0 aliphatic heterocycles. The monoisotopic (exact) mass is 501 g/mol. The van der Waals surface area contributed by atoms with Gasteiger partial charge in [0, 0.05) is 31.6 Å². The lowest BCUT2D eigenvalue weighted by Gasteiger charge is -2.25. The first-order chi connectivity index (χ1) is 15.1. The summed E-state index contributed by atoms with van der Waals surface area (Å²) in [6.45, 7) is 1.35. The zero-order valence-corrected chi connectivity index (χ0v) is 20.0. The highest BCUT2D eigenvalue weighted by molar-refractivity contribution is 7.92. The largest absolute Gasteiger partial charge is 0.372 e. The molecule has 0 unspecified atom stereocenters. The van der Waals surface area contributed by atoms with Gasteiger partial charge in [0.25, 0.3) is 10.0 Å². The second-order valence-electron chi connectivity index (χ2n) is 7.25. The minimum Gasteiger partial charge on any atom is -0.372 e. The highest BCUT2D eigenvalue weighted by atomic mass is 35.5. The van der Waals surface area contributed by atoms with Crippen LogP contribution in [-0.2, 0) is 10.0 Å². The number of hydrogen-bond acceptors (Lipinski definition) is 7. The van der Waals surface area contributed by atoms with Crippen LogP contribution in [0.5, 0.6) is 0 Å². The van der Waals surface area contributed by atoms with Gasteiger partial charge in [-0.15, -0.1) is 11.3 Å². The van der Waals surface area contributed by atoms with Gasteiger partial charge in [-0.25, -0.2) is 22.2 Å². The molecular weight excluding hydrogens is 480 g/mol. The van der Waals surface area contributed by atoms with Crippen molar-refractivity contribution < 1.29 is 17.2 Å². The molecule has 0 saturated carbocycles. The van der Waals surface area contributed by atoms with Crippen molar-refractivity contribution in [3.63, 3.8) is 0 Å². The lowest BCUT2D eigenvalue weighted by Crippen LogP contribution is -2.29. The average Bonchev–Trinajstić information content (AvgIpc) is 3.22. The standard InChI is InChI=1S/C20H22ClF2N5O2S2/c1-27(2)6-7-28(3)18-8-13(22)4-5-16(18)25-17-10-15(23)19(9-14(17)21)32(29,30)26-20-11-31-12-24-20/h4-5,8-12,25-26H,6-7H2,1-3H3. The van der Waals surface area contributed by atoms with Crippen LogP contribution in [0.3, 0.4) is 0 Å². The van der Waals surface area contributed by atoms with Gasteiger partial charge in [0.2, 0.25) is 0 Å². The molecule has 3 aromatic rings. The van der Waals surface area contributed by atoms with E-state index < -0.39 is 26.6 Å². The highest BCUT2D eigenvalue weighted by Gasteiger charge is 2.23. The third-order valence-electron chi connectivity index (χ3n) is 4.51. The molecule has 1 heterocycles. The summed E-state index contributed by atoms with van der Waals surface area (Å²) in [6, 6.07) is 6.16. The molecule has 0 saturated heterocycles. The zero-order chi connectivity index (χ0) is 23.5. The SMILES string of the molecule is CN(C)CCN(C)c1cc(F)ccc1Nc1cc(F)c(S(=O)(=O)Nc2cscn2)cc1Cl. The molecule has 0 spiro atoms. The van der Waals surface area contributed by atoms with Crippen LogP contribution in [0.1, 0.15) is 0 Å². The Hall–Kier alpha value is -2.47. The van der Waals surface area contributed by atoms with Crippen LogP contribution in [0, 0.1) is 11.6 Å². The number of hydrogen-bond donors (Lipinski definition) is 2. The molecule has 0 aliphatic rings. The number of thiazole rings is 1. The lowest BCUT2D eigenvalue weighted by molar-refractivity contribution is 0.416. The molecule has 0 fully saturated rings. The van der Waals surface area contributed by atoms with E-state index in [4.69, 9.17) is 11.6 Å². The van der Waals surface area contributed by atoms with Crippen molar-refractivity contribution in [1.82, 2.24) is 9.88 Å². The molecule has 32 heavy (non-hydrogen) atoms. The Kier molecular flexibility index (Phi) is 7.55. The summed E-state index contributed by atoms with van der Waals surface area (Å²) >= 11 is 7.47. The van der Waals surface area contributed by atoms with E-state index >= 15 is 0 Å². The molecule has 172 valence electrons. The molecule has 2 aromatic carbocycles. The van der Waals surface area contributed by atoms with Crippen LogP contribution in [-0.4, -0.2) is 52.5 Å². The summed E-state index contributed by atoms with van der Waals surface area (Å²) in [5.74, 6) is -1.33. The Morgan fingerprint density at radius 3 is 2.50 bits per heavy atom. The molecule has 1 aromatic heterocycles. The number of benzene rings is 2. The summed E-state index contributed by atoms with van der Waals surface area (Å²) in [4.78, 5) is 7.07. The zero-order valence-electron chi connectivity index (χ0n) is 17.6. The maximum atomic E-state index is 14.8. The number of nitrogens with one attached hydrogen (secondary N) is 2. The van der Waals surface area contributed by atoms with Crippen LogP contribution < -0.4 is 14.9 Å². The Balaban J connectivity index is 1.90. The van der Waals surface area contributed by atoms with Crippen LogP contribution in [0.2, 0.25) is 5.02 Å². The van der Waals surface area contributed by atoms with Gasteiger partial charge in [-0.1, -0.05) is 11.6 Å². The van der Waals surface area contributed by atoms with Crippen molar-refractivity contribution in [3.05, 3.63) is 57.9 Å². The van der Waals surface area contributed by atoms with Gasteiger partial charge in [-0.05, 0) is 38.4 Å². The fourth-order valence-electron chi connectivity index (χ4n) is 2.83. The minimum absolute atomic E-state index is 0.0173. The van der Waals surface area contributed by atoms with Crippen molar-refractivity contribution in [2.24, 2.45) is 0 Å². The van der Waals surface area contributed by atoms with Crippen molar-refractivity contribution in [2.45, 2.75) is 4.90 Å². The molecule has 0 bridgehead atoms. The first-order valence-electron chi connectivity index (χ1n) is 9.39.